The number of rotatable bonds is 18. The van der Waals surface area contributed by atoms with Crippen molar-refractivity contribution in [3.05, 3.63) is 175 Å². The summed E-state index contributed by atoms with van der Waals surface area (Å²) in [4.78, 5) is 51.8. The average Bonchev–Trinajstić information content (AvgIpc) is 1.31. The quantitative estimate of drug-likeness (QED) is 0.0380. The van der Waals surface area contributed by atoms with Gasteiger partial charge in [-0.15, -0.1) is 51.5 Å². The highest BCUT2D eigenvalue weighted by molar-refractivity contribution is 7.94. The van der Waals surface area contributed by atoms with Crippen LogP contribution in [0.2, 0.25) is 5.02 Å². The number of carbonyl (C=O) groups is 4. The number of urea groups is 4. The summed E-state index contributed by atoms with van der Waals surface area (Å²) in [5.74, 6) is -1.05. The topological polar surface area (TPSA) is 441 Å². The van der Waals surface area contributed by atoms with E-state index in [1.807, 2.05) is 62.3 Å². The van der Waals surface area contributed by atoms with Crippen molar-refractivity contribution in [1.82, 2.24) is 0 Å². The zero-order chi connectivity index (χ0) is 91.1. The number of ether oxygens (including phenoxy) is 1. The van der Waals surface area contributed by atoms with Crippen LogP contribution in [0.3, 0.4) is 0 Å². The summed E-state index contributed by atoms with van der Waals surface area (Å²) in [5, 5.41) is 77.4. The molecule has 0 radical (unpaired) electrons. The van der Waals surface area contributed by atoms with Crippen LogP contribution in [0, 0.1) is 32.4 Å². The SMILES string of the molecule is CC(C)(O)c1csc(S(N)(=O)=NC(=O)Nc2c3c(c(Cl)c4c2CCC4)CCC3)c1.CC(F)Oc1cc(C(C)C)c(NC(=O)N=S(N)(=O)c2sc(C(C)(C)O)cc2F)c(C(C)C)c1.Cc1cc(C(C)C)c(NC(=O)N=S(N)(=O)c2cc(C(C)(C)O)c(C)o2)c(C(C)C)c1F.Cc1sc(S(N)(=O)=NC(=O)Nc2c3c(cc4c2CCC4)CCC3)cc1C(C)(C)O. The molecule has 0 spiro atoms. The molecule has 26 nitrogen and oxygen atoms in total. The fraction of sp³-hybridized carbons (Fsp3) is 0.482. The van der Waals surface area contributed by atoms with E-state index in [4.69, 9.17) is 41.3 Å². The van der Waals surface area contributed by atoms with Gasteiger partial charge in [-0.1, -0.05) is 79.1 Å². The maximum Gasteiger partial charge on any atom is 0.354 e. The van der Waals surface area contributed by atoms with Crippen molar-refractivity contribution in [2.24, 2.45) is 38.0 Å². The van der Waals surface area contributed by atoms with Crippen LogP contribution in [0.25, 0.3) is 0 Å². The lowest BCUT2D eigenvalue weighted by molar-refractivity contribution is 0.0766. The van der Waals surface area contributed by atoms with Crippen LogP contribution in [0.15, 0.2) is 93.5 Å². The van der Waals surface area contributed by atoms with Gasteiger partial charge in [0.15, 0.2) is 49.7 Å². The standard InChI is InChI=1S/C22H31F2N3O4S2.C22H32FN3O4S.C21H27N3O3S2.C20H24ClN3O3S2/c1-11(2)15-8-14(31-13(5)23)9-16(12(3)4)19(15)26-21(28)27-33(25,30)20-17(24)10-18(32-20)22(6,7)29;1-11(2)15-9-13(5)19(23)18(12(3)4)20(15)25-21(27)26-31(24,29)17-10-16(14(6)30-17)22(7,8)28;1-12-17(21(2,3)26)11-18(28-12)29(22,27)24-20(25)23-19-15-8-4-6-13(15)10-14-7-5-9-16(14)19;1-20(2,26)11-9-16(28-10-11)29(22,27)24-19(25)23-18-14-7-3-5-12(14)17(21)13-6-4-8-15(13)18/h8-13,29H,1-7H3,(H3,25,26,27,28,30);9-12,28H,1-8H3,(H3,24,25,26,27,29);10-11,26H,4-9H2,1-3H3,(H3,22,23,24,25,27);9-10,26H,3-8H2,1-2H3,(H3,22,23,24,25,27). The lowest BCUT2D eigenvalue weighted by Crippen LogP contribution is -2.19. The zero-order valence-corrected chi connectivity index (χ0v) is 78.9. The maximum absolute atomic E-state index is 14.9. The predicted molar refractivity (Wildman–Crippen MR) is 481 cm³/mol. The van der Waals surface area contributed by atoms with E-state index >= 15 is 0 Å². The van der Waals surface area contributed by atoms with Gasteiger partial charge in [0.2, 0.25) is 11.5 Å². The van der Waals surface area contributed by atoms with Crippen molar-refractivity contribution in [1.29, 1.82) is 0 Å². The minimum Gasteiger partial charge on any atom is -0.461 e. The molecule has 668 valence electrons. The van der Waals surface area contributed by atoms with Crippen LogP contribution in [0.5, 0.6) is 5.75 Å². The van der Waals surface area contributed by atoms with Crippen LogP contribution >= 0.6 is 45.6 Å². The Labute approximate surface area is 731 Å². The van der Waals surface area contributed by atoms with Crippen LogP contribution in [0.1, 0.15) is 272 Å². The largest absolute Gasteiger partial charge is 0.461 e. The highest BCUT2D eigenvalue weighted by Crippen LogP contribution is 2.47. The van der Waals surface area contributed by atoms with Crippen molar-refractivity contribution in [2.45, 2.75) is 286 Å². The second-order valence-electron chi connectivity index (χ2n) is 34.3. The maximum atomic E-state index is 14.9. The molecule has 8 aromatic rings. The number of nitrogens with one attached hydrogen (secondary N) is 4. The molecule has 5 atom stereocenters. The van der Waals surface area contributed by atoms with Crippen molar-refractivity contribution >= 4 is 132 Å². The molecule has 0 fully saturated rings. The third-order valence-corrected chi connectivity index (χ3v) is 31.9. The molecule has 0 saturated carbocycles. The van der Waals surface area contributed by atoms with E-state index < -0.39 is 108 Å². The highest BCUT2D eigenvalue weighted by atomic mass is 35.5. The van der Waals surface area contributed by atoms with E-state index in [1.165, 1.54) is 60.4 Å². The van der Waals surface area contributed by atoms with E-state index in [1.54, 1.807) is 91.1 Å². The second kappa shape index (κ2) is 38.0. The van der Waals surface area contributed by atoms with Crippen LogP contribution in [-0.4, -0.2) is 67.7 Å². The fourth-order valence-corrected chi connectivity index (χ4v) is 23.7. The van der Waals surface area contributed by atoms with Crippen molar-refractivity contribution < 1.29 is 78.8 Å². The van der Waals surface area contributed by atoms with Gasteiger partial charge in [-0.2, -0.15) is 0 Å². The number of fused-ring (bicyclic) bond motifs is 4. The molecule has 8 amide bonds. The Morgan fingerprint density at radius 1 is 0.500 bits per heavy atom. The zero-order valence-electron chi connectivity index (χ0n) is 72.4. The van der Waals surface area contributed by atoms with E-state index in [2.05, 4.69) is 44.8 Å². The Bertz CT molecular complexity index is 5840. The molecule has 0 saturated heterocycles. The number of benzene rings is 4. The molecule has 16 N–H and O–H groups in total. The molecule has 5 unspecified atom stereocenters. The van der Waals surface area contributed by atoms with Crippen molar-refractivity contribution in [3.63, 3.8) is 0 Å². The predicted octanol–water partition coefficient (Wildman–Crippen LogP) is 20.2. The number of nitrogens with two attached hydrogens (primary N) is 4. The van der Waals surface area contributed by atoms with Gasteiger partial charge in [-0.25, -0.2) is 69.7 Å². The monoisotopic (exact) mass is 1840 g/mol. The molecule has 37 heteroatoms. The lowest BCUT2D eigenvalue weighted by atomic mass is 9.90. The summed E-state index contributed by atoms with van der Waals surface area (Å²) in [7, 11) is -14.5. The van der Waals surface area contributed by atoms with E-state index in [9.17, 15) is 69.6 Å². The molecule has 4 aromatic heterocycles. The number of halogens is 4. The number of furan rings is 1. The average molecular weight is 1840 g/mol. The fourth-order valence-electron chi connectivity index (χ4n) is 15.2. The molecular formula is C85H114ClF3N12O14S7. The third-order valence-electron chi connectivity index (χ3n) is 21.1. The summed E-state index contributed by atoms with van der Waals surface area (Å²) < 4.78 is 120. The van der Waals surface area contributed by atoms with Crippen LogP contribution < -0.4 is 46.6 Å². The summed E-state index contributed by atoms with van der Waals surface area (Å²) in [6.45, 7) is 34.0. The minimum absolute atomic E-state index is 0.00333. The number of anilines is 4. The lowest BCUT2D eigenvalue weighted by Gasteiger charge is -2.22. The van der Waals surface area contributed by atoms with Gasteiger partial charge < -0.3 is 50.8 Å². The summed E-state index contributed by atoms with van der Waals surface area (Å²) in [6.07, 6.45) is 10.1. The van der Waals surface area contributed by atoms with Gasteiger partial charge in [0, 0.05) is 56.0 Å². The highest BCUT2D eigenvalue weighted by Gasteiger charge is 2.35. The Morgan fingerprint density at radius 2 is 0.926 bits per heavy atom. The molecule has 4 aliphatic rings. The van der Waals surface area contributed by atoms with Crippen molar-refractivity contribution in [2.75, 3.05) is 21.3 Å². The molecule has 4 heterocycles. The Balaban J connectivity index is 0.000000185. The van der Waals surface area contributed by atoms with Gasteiger partial charge in [0.05, 0.1) is 28.1 Å². The minimum atomic E-state index is -3.92. The number of amides is 8. The second-order valence-corrected chi connectivity index (χ2v) is 45.6. The number of nitrogens with zero attached hydrogens (tertiary/aromatic N) is 4. The van der Waals surface area contributed by atoms with Crippen LogP contribution in [0.4, 0.5) is 55.1 Å². The van der Waals surface area contributed by atoms with E-state index in [0.29, 0.717) is 77.4 Å². The first-order valence-electron chi connectivity index (χ1n) is 40.0. The number of hydrogen-bond donors (Lipinski definition) is 12. The molecular weight excluding hydrogens is 1730 g/mol. The van der Waals surface area contributed by atoms with E-state index in [-0.39, 0.29) is 37.9 Å². The first kappa shape index (κ1) is 98.3. The number of thiophene rings is 3. The van der Waals surface area contributed by atoms with Crippen molar-refractivity contribution in [3.8, 4) is 5.75 Å². The Kier molecular flexibility index (Phi) is 30.6. The number of carbonyl (C=O) groups excluding carboxylic acids is 4. The third kappa shape index (κ3) is 23.2. The number of aliphatic hydroxyl groups is 4. The molecule has 122 heavy (non-hydrogen) atoms. The molecule has 12 rings (SSSR count). The summed E-state index contributed by atoms with van der Waals surface area (Å²) >= 11 is 9.63. The summed E-state index contributed by atoms with van der Waals surface area (Å²) in [5.41, 5.74) is 11.5. The first-order chi connectivity index (χ1) is 56.2. The number of aryl methyl sites for hydroxylation is 5. The Morgan fingerprint density at radius 3 is 1.35 bits per heavy atom. The van der Waals surface area contributed by atoms with Gasteiger partial charge in [0.1, 0.15) is 25.7 Å². The normalized spacial score (nSPS) is 15.9. The molecule has 4 aromatic carbocycles. The summed E-state index contributed by atoms with van der Waals surface area (Å²) in [6, 6.07) is 9.32. The van der Waals surface area contributed by atoms with Gasteiger partial charge >= 0.3 is 24.1 Å². The number of hydrogen-bond acceptors (Lipinski definition) is 17. The van der Waals surface area contributed by atoms with Gasteiger partial charge in [-0.3, -0.25) is 0 Å². The number of alkyl halides is 1. The van der Waals surface area contributed by atoms with E-state index in [0.717, 1.165) is 144 Å². The van der Waals surface area contributed by atoms with Gasteiger partial charge in [0.25, 0.3) is 0 Å². The molecule has 0 aliphatic heterocycles. The Hall–Kier alpha value is -7.50. The molecule has 4 aliphatic carbocycles. The smallest absolute Gasteiger partial charge is 0.354 e. The van der Waals surface area contributed by atoms with Gasteiger partial charge in [-0.05, 0) is 290 Å². The first-order valence-corrected chi connectivity index (χ1v) is 49.2. The van der Waals surface area contributed by atoms with Crippen LogP contribution in [-0.2, 0) is 113 Å². The molecule has 0 bridgehead atoms.